The van der Waals surface area contributed by atoms with Crippen LogP contribution in [-0.2, 0) is 29.2 Å². The lowest BCUT2D eigenvalue weighted by atomic mass is 9.84. The molecule has 1 fully saturated rings. The number of likely N-dealkylation sites (tertiary alicyclic amines) is 1. The van der Waals surface area contributed by atoms with Crippen molar-refractivity contribution in [1.82, 2.24) is 14.2 Å². The van der Waals surface area contributed by atoms with Crippen LogP contribution < -0.4 is 16.2 Å². The third kappa shape index (κ3) is 7.66. The number of carbonyl (C=O) groups is 1. The Morgan fingerprint density at radius 2 is 1.95 bits per heavy atom. The number of pyridine rings is 1. The number of hydrogen-bond donors (Lipinski definition) is 3. The van der Waals surface area contributed by atoms with Crippen molar-refractivity contribution in [3.8, 4) is 6.07 Å². The normalized spacial score (nSPS) is 18.9. The molecule has 1 saturated heterocycles. The van der Waals surface area contributed by atoms with Gasteiger partial charge in [0.05, 0.1) is 41.5 Å². The lowest BCUT2D eigenvalue weighted by molar-refractivity contribution is -0.136. The van der Waals surface area contributed by atoms with E-state index in [9.17, 15) is 32.6 Å². The summed E-state index contributed by atoms with van der Waals surface area (Å²) < 4.78 is 57.4. The summed E-state index contributed by atoms with van der Waals surface area (Å²) in [6.07, 6.45) is -2.28. The second kappa shape index (κ2) is 11.8. The van der Waals surface area contributed by atoms with Crippen molar-refractivity contribution in [3.63, 3.8) is 0 Å². The highest BCUT2D eigenvalue weighted by Gasteiger charge is 2.42. The van der Waals surface area contributed by atoms with Crippen molar-refractivity contribution in [1.29, 1.82) is 5.26 Å². The van der Waals surface area contributed by atoms with Gasteiger partial charge in [0, 0.05) is 42.8 Å². The van der Waals surface area contributed by atoms with Crippen LogP contribution in [0.3, 0.4) is 0 Å². The minimum atomic E-state index is -4.47. The maximum atomic E-state index is 12.9. The molecule has 0 radical (unpaired) electrons. The van der Waals surface area contributed by atoms with E-state index in [0.29, 0.717) is 53.3 Å². The Hall–Kier alpha value is -3.41. The summed E-state index contributed by atoms with van der Waals surface area (Å²) in [5, 5.41) is 16.1. The summed E-state index contributed by atoms with van der Waals surface area (Å²) in [6.45, 7) is 4.85. The second-order valence-electron chi connectivity index (χ2n) is 11.2. The van der Waals surface area contributed by atoms with Gasteiger partial charge in [0.2, 0.25) is 0 Å². The van der Waals surface area contributed by atoms with Crippen molar-refractivity contribution >= 4 is 28.8 Å². The highest BCUT2D eigenvalue weighted by molar-refractivity contribution is 7.89. The summed E-state index contributed by atoms with van der Waals surface area (Å²) in [4.78, 5) is 29.9. The number of ether oxygens (including phenoxy) is 1. The fourth-order valence-electron chi connectivity index (χ4n) is 4.91. The molecule has 4 rings (SSSR count). The first kappa shape index (κ1) is 30.5. The van der Waals surface area contributed by atoms with Crippen LogP contribution >= 0.6 is 0 Å². The third-order valence-corrected chi connectivity index (χ3v) is 8.41. The number of hydrogen-bond acceptors (Lipinski definition) is 8. The number of carbonyl (C=O) groups excluding carboxylic acids is 1. The molecular formula is C27H33F3N6O4S. The average molecular weight is 595 g/mol. The van der Waals surface area contributed by atoms with E-state index in [4.69, 9.17) is 4.74 Å². The number of rotatable bonds is 7. The van der Waals surface area contributed by atoms with E-state index in [-0.39, 0.29) is 25.1 Å². The number of amides is 1. The molecule has 1 unspecified atom stereocenters. The number of nitrogens with one attached hydrogen (secondary N) is 3. The number of aromatic nitrogens is 1. The van der Waals surface area contributed by atoms with Crippen LogP contribution in [0.2, 0.25) is 0 Å². The number of piperidine rings is 1. The zero-order valence-electron chi connectivity index (χ0n) is 23.1. The summed E-state index contributed by atoms with van der Waals surface area (Å²) in [7, 11) is 0. The third-order valence-electron chi connectivity index (χ3n) is 6.91. The predicted molar refractivity (Wildman–Crippen MR) is 147 cm³/mol. The number of alkyl halides is 3. The van der Waals surface area contributed by atoms with Crippen LogP contribution in [0.1, 0.15) is 51.2 Å². The SMILES string of the molecule is CC(C)(C)OC(=O)N1CCC(CC#N)(Nc2cc[nH]c(=O)c2CNc2ccc3c(c2)CN(CC(F)(F)F)[S+]3[O-])CC1. The highest BCUT2D eigenvalue weighted by atomic mass is 32.2. The van der Waals surface area contributed by atoms with Gasteiger partial charge in [-0.1, -0.05) is 0 Å². The Balaban J connectivity index is 1.46. The highest BCUT2D eigenvalue weighted by Crippen LogP contribution is 2.35. The number of nitriles is 1. The molecule has 222 valence electrons. The van der Waals surface area contributed by atoms with Crippen LogP contribution in [0, 0.1) is 11.3 Å². The minimum absolute atomic E-state index is 0.0827. The van der Waals surface area contributed by atoms with Crippen molar-refractivity contribution in [3.05, 3.63) is 51.9 Å². The van der Waals surface area contributed by atoms with Gasteiger partial charge in [0.25, 0.3) is 5.56 Å². The van der Waals surface area contributed by atoms with E-state index in [2.05, 4.69) is 21.7 Å². The largest absolute Gasteiger partial charge is 0.593 e. The molecule has 14 heteroatoms. The lowest BCUT2D eigenvalue weighted by Gasteiger charge is -2.42. The summed E-state index contributed by atoms with van der Waals surface area (Å²) in [6, 6.07) is 8.70. The topological polar surface area (TPSA) is 137 Å². The van der Waals surface area contributed by atoms with E-state index < -0.39 is 41.3 Å². The smallest absolute Gasteiger partial charge is 0.410 e. The zero-order chi connectivity index (χ0) is 30.0. The lowest BCUT2D eigenvalue weighted by Crippen LogP contribution is -2.51. The Morgan fingerprint density at radius 1 is 1.24 bits per heavy atom. The molecule has 3 N–H and O–H groups in total. The summed E-state index contributed by atoms with van der Waals surface area (Å²) in [5.41, 5.74) is 0.336. The second-order valence-corrected chi connectivity index (χ2v) is 12.7. The van der Waals surface area contributed by atoms with E-state index in [0.717, 1.165) is 4.31 Å². The molecule has 2 aromatic rings. The van der Waals surface area contributed by atoms with Gasteiger partial charge < -0.3 is 29.8 Å². The van der Waals surface area contributed by atoms with Gasteiger partial charge in [0.1, 0.15) is 12.1 Å². The molecule has 2 aliphatic rings. The number of nitrogens with zero attached hydrogens (tertiary/aromatic N) is 3. The average Bonchev–Trinajstić information content (AvgIpc) is 3.16. The van der Waals surface area contributed by atoms with Crippen LogP contribution in [0.4, 0.5) is 29.3 Å². The van der Waals surface area contributed by atoms with Crippen molar-refractivity contribution in [2.75, 3.05) is 30.3 Å². The first-order chi connectivity index (χ1) is 19.2. The first-order valence-corrected chi connectivity index (χ1v) is 14.2. The van der Waals surface area contributed by atoms with Gasteiger partial charge in [-0.3, -0.25) is 4.79 Å². The van der Waals surface area contributed by atoms with Crippen LogP contribution in [-0.4, -0.2) is 61.8 Å². The van der Waals surface area contributed by atoms with Gasteiger partial charge >= 0.3 is 12.3 Å². The van der Waals surface area contributed by atoms with Gasteiger partial charge in [-0.15, -0.1) is 4.31 Å². The molecule has 0 aliphatic carbocycles. The Labute approximate surface area is 239 Å². The molecule has 1 atom stereocenters. The number of anilines is 2. The van der Waals surface area contributed by atoms with Gasteiger partial charge in [-0.05, 0) is 57.9 Å². The summed E-state index contributed by atoms with van der Waals surface area (Å²) >= 11 is -1.90. The molecule has 1 aromatic heterocycles. The molecule has 0 bridgehead atoms. The van der Waals surface area contributed by atoms with Crippen molar-refractivity contribution < 1.29 is 27.3 Å². The molecule has 0 spiro atoms. The van der Waals surface area contributed by atoms with Gasteiger partial charge in [-0.2, -0.15) is 18.4 Å². The zero-order valence-corrected chi connectivity index (χ0v) is 23.9. The monoisotopic (exact) mass is 594 g/mol. The van der Waals surface area contributed by atoms with Crippen LogP contribution in [0.15, 0.2) is 40.2 Å². The fraction of sp³-hybridized carbons (Fsp3) is 0.519. The number of fused-ring (bicyclic) bond motifs is 1. The van der Waals surface area contributed by atoms with E-state index in [1.165, 1.54) is 12.3 Å². The van der Waals surface area contributed by atoms with Gasteiger partial charge in [0.15, 0.2) is 4.90 Å². The quantitative estimate of drug-likeness (QED) is 0.399. The van der Waals surface area contributed by atoms with Crippen molar-refractivity contribution in [2.24, 2.45) is 0 Å². The standard InChI is InChI=1S/C27H33F3N6O4S/c1-25(2,3)40-24(38)35-12-8-26(7-10-31,9-13-35)34-21-6-11-32-23(37)20(21)15-33-19-4-5-22-18(14-19)16-36(41(22)39)17-27(28,29)30/h4-6,11,14,33H,7-9,12-13,15-17H2,1-3H3,(H2,32,34,37). The summed E-state index contributed by atoms with van der Waals surface area (Å²) in [5.74, 6) is 0. The number of H-pyrrole nitrogens is 1. The molecule has 41 heavy (non-hydrogen) atoms. The fourth-order valence-corrected chi connectivity index (χ4v) is 6.24. The molecule has 1 aromatic carbocycles. The Bertz CT molecular complexity index is 1360. The molecule has 0 saturated carbocycles. The maximum absolute atomic E-state index is 12.9. The van der Waals surface area contributed by atoms with E-state index in [1.807, 2.05) is 0 Å². The number of aromatic amines is 1. The van der Waals surface area contributed by atoms with Gasteiger partial charge in [-0.25, -0.2) is 4.79 Å². The predicted octanol–water partition coefficient (Wildman–Crippen LogP) is 4.48. The molecular weight excluding hydrogens is 561 g/mol. The Morgan fingerprint density at radius 3 is 2.59 bits per heavy atom. The van der Waals surface area contributed by atoms with Crippen molar-refractivity contribution in [2.45, 2.75) is 75.3 Å². The minimum Gasteiger partial charge on any atom is -0.593 e. The van der Waals surface area contributed by atoms with E-state index >= 15 is 0 Å². The van der Waals surface area contributed by atoms with E-state index in [1.54, 1.807) is 43.9 Å². The maximum Gasteiger partial charge on any atom is 0.410 e. The number of halogens is 3. The first-order valence-electron chi connectivity index (χ1n) is 13.1. The molecule has 10 nitrogen and oxygen atoms in total. The number of benzene rings is 1. The molecule has 1 amide bonds. The Kier molecular flexibility index (Phi) is 8.81. The molecule has 2 aliphatic heterocycles. The van der Waals surface area contributed by atoms with Crippen LogP contribution in [0.5, 0.6) is 0 Å². The van der Waals surface area contributed by atoms with Crippen LogP contribution in [0.25, 0.3) is 0 Å². The molecule has 3 heterocycles.